The van der Waals surface area contributed by atoms with E-state index in [1.807, 2.05) is 26.8 Å². The molecule has 0 aromatic heterocycles. The van der Waals surface area contributed by atoms with Crippen LogP contribution >= 0.6 is 0 Å². The largest absolute Gasteiger partial charge is 0.396 e. The molecular formula is C17H24N2O3. The molecule has 1 aromatic carbocycles. The van der Waals surface area contributed by atoms with Gasteiger partial charge in [0.15, 0.2) is 0 Å². The molecule has 0 heterocycles. The first-order chi connectivity index (χ1) is 10.3. The van der Waals surface area contributed by atoms with Gasteiger partial charge in [0.25, 0.3) is 5.91 Å². The van der Waals surface area contributed by atoms with E-state index in [9.17, 15) is 9.59 Å². The molecular weight excluding hydrogens is 280 g/mol. The standard InChI is InChI=1S/C17H24N2O3/c1-17(2,3)10-9-15(21)19-14-7-5-13(6-8-14)16(22)18-11-4-12-20/h5-10,20H,4,11-12H2,1-3H3,(H,18,22)(H,19,21)/b10-9+. The Bertz CT molecular complexity index is 528. The number of carbonyl (C=O) groups is 2. The topological polar surface area (TPSA) is 78.4 Å². The number of nitrogens with one attached hydrogen (secondary N) is 2. The van der Waals surface area contributed by atoms with Crippen LogP contribution in [0, 0.1) is 5.41 Å². The van der Waals surface area contributed by atoms with Crippen LogP contribution in [0.1, 0.15) is 37.6 Å². The van der Waals surface area contributed by atoms with Gasteiger partial charge in [0.2, 0.25) is 5.91 Å². The molecule has 0 aliphatic rings. The number of hydrogen-bond donors (Lipinski definition) is 3. The van der Waals surface area contributed by atoms with E-state index in [1.54, 1.807) is 24.3 Å². The van der Waals surface area contributed by atoms with E-state index < -0.39 is 0 Å². The maximum Gasteiger partial charge on any atom is 0.251 e. The van der Waals surface area contributed by atoms with E-state index in [0.29, 0.717) is 24.2 Å². The highest BCUT2D eigenvalue weighted by Crippen LogP contribution is 2.15. The number of amides is 2. The summed E-state index contributed by atoms with van der Waals surface area (Å²) in [5.74, 6) is -0.394. The molecule has 0 aliphatic carbocycles. The zero-order valence-electron chi connectivity index (χ0n) is 13.3. The highest BCUT2D eigenvalue weighted by atomic mass is 16.3. The number of hydrogen-bond acceptors (Lipinski definition) is 3. The molecule has 22 heavy (non-hydrogen) atoms. The van der Waals surface area contributed by atoms with Crippen LogP contribution in [0.15, 0.2) is 36.4 Å². The van der Waals surface area contributed by atoms with Crippen molar-refractivity contribution in [3.8, 4) is 0 Å². The van der Waals surface area contributed by atoms with Crippen molar-refractivity contribution in [2.24, 2.45) is 5.41 Å². The van der Waals surface area contributed by atoms with Crippen molar-refractivity contribution in [1.29, 1.82) is 0 Å². The summed E-state index contributed by atoms with van der Waals surface area (Å²) in [6, 6.07) is 6.67. The molecule has 0 aliphatic heterocycles. The monoisotopic (exact) mass is 304 g/mol. The third-order valence-electron chi connectivity index (χ3n) is 2.77. The number of rotatable bonds is 6. The number of anilines is 1. The maximum absolute atomic E-state index is 11.8. The Labute approximate surface area is 131 Å². The quantitative estimate of drug-likeness (QED) is 0.557. The molecule has 5 heteroatoms. The fourth-order valence-corrected chi connectivity index (χ4v) is 1.60. The first kappa shape index (κ1) is 17.9. The summed E-state index contributed by atoms with van der Waals surface area (Å²) in [5, 5.41) is 14.1. The van der Waals surface area contributed by atoms with Crippen molar-refractivity contribution in [2.75, 3.05) is 18.5 Å². The van der Waals surface area contributed by atoms with Gasteiger partial charge in [-0.2, -0.15) is 0 Å². The second-order valence-electron chi connectivity index (χ2n) is 6.10. The summed E-state index contributed by atoms with van der Waals surface area (Å²) in [6.07, 6.45) is 3.88. The molecule has 0 radical (unpaired) electrons. The third-order valence-corrected chi connectivity index (χ3v) is 2.77. The van der Waals surface area contributed by atoms with Gasteiger partial charge in [-0.15, -0.1) is 0 Å². The lowest BCUT2D eigenvalue weighted by Gasteiger charge is -2.11. The fraction of sp³-hybridized carbons (Fsp3) is 0.412. The molecule has 0 spiro atoms. The highest BCUT2D eigenvalue weighted by Gasteiger charge is 2.07. The van der Waals surface area contributed by atoms with Crippen LogP contribution in [0.3, 0.4) is 0 Å². The average Bonchev–Trinajstić information content (AvgIpc) is 2.45. The molecule has 3 N–H and O–H groups in total. The SMILES string of the molecule is CC(C)(C)/C=C/C(=O)Nc1ccc(C(=O)NCCCO)cc1. The van der Waals surface area contributed by atoms with E-state index in [-0.39, 0.29) is 23.8 Å². The Morgan fingerprint density at radius 1 is 1.18 bits per heavy atom. The number of carbonyl (C=O) groups excluding carboxylic acids is 2. The van der Waals surface area contributed by atoms with E-state index in [1.165, 1.54) is 6.08 Å². The molecule has 5 nitrogen and oxygen atoms in total. The second kappa shape index (κ2) is 8.34. The molecule has 2 amide bonds. The van der Waals surface area contributed by atoms with Gasteiger partial charge in [-0.1, -0.05) is 26.8 Å². The Morgan fingerprint density at radius 3 is 2.36 bits per heavy atom. The molecule has 0 saturated carbocycles. The Hall–Kier alpha value is -2.14. The van der Waals surface area contributed by atoms with Gasteiger partial charge in [-0.3, -0.25) is 9.59 Å². The Kier molecular flexibility index (Phi) is 6.79. The first-order valence-corrected chi connectivity index (χ1v) is 7.31. The first-order valence-electron chi connectivity index (χ1n) is 7.31. The lowest BCUT2D eigenvalue weighted by molar-refractivity contribution is -0.112. The molecule has 0 unspecified atom stereocenters. The second-order valence-corrected chi connectivity index (χ2v) is 6.10. The molecule has 1 aromatic rings. The summed E-state index contributed by atoms with van der Waals surface area (Å²) in [4.78, 5) is 23.5. The predicted molar refractivity (Wildman–Crippen MR) is 87.7 cm³/mol. The van der Waals surface area contributed by atoms with Crippen molar-refractivity contribution in [1.82, 2.24) is 5.32 Å². The van der Waals surface area contributed by atoms with E-state index in [2.05, 4.69) is 10.6 Å². The minimum atomic E-state index is -0.199. The molecule has 0 saturated heterocycles. The van der Waals surface area contributed by atoms with Gasteiger partial charge in [0.05, 0.1) is 0 Å². The summed E-state index contributed by atoms with van der Waals surface area (Å²) >= 11 is 0. The van der Waals surface area contributed by atoms with Gasteiger partial charge in [-0.05, 0) is 42.2 Å². The predicted octanol–water partition coefficient (Wildman–Crippen LogP) is 2.34. The van der Waals surface area contributed by atoms with Crippen molar-refractivity contribution >= 4 is 17.5 Å². The Morgan fingerprint density at radius 2 is 1.82 bits per heavy atom. The number of allylic oxidation sites excluding steroid dienone is 1. The van der Waals surface area contributed by atoms with Crippen LogP contribution in [0.2, 0.25) is 0 Å². The zero-order chi connectivity index (χ0) is 16.6. The number of aliphatic hydroxyl groups excluding tert-OH is 1. The summed E-state index contributed by atoms with van der Waals surface area (Å²) in [7, 11) is 0. The molecule has 120 valence electrons. The van der Waals surface area contributed by atoms with Gasteiger partial charge >= 0.3 is 0 Å². The third kappa shape index (κ3) is 7.04. The van der Waals surface area contributed by atoms with Crippen LogP contribution in [0.5, 0.6) is 0 Å². The molecule has 0 atom stereocenters. The zero-order valence-corrected chi connectivity index (χ0v) is 13.3. The van der Waals surface area contributed by atoms with Crippen molar-refractivity contribution in [3.63, 3.8) is 0 Å². The fourth-order valence-electron chi connectivity index (χ4n) is 1.60. The maximum atomic E-state index is 11.8. The van der Waals surface area contributed by atoms with Crippen molar-refractivity contribution in [3.05, 3.63) is 42.0 Å². The molecule has 1 rings (SSSR count). The van der Waals surface area contributed by atoms with Crippen LogP contribution in [0.4, 0.5) is 5.69 Å². The highest BCUT2D eigenvalue weighted by molar-refractivity contribution is 6.00. The van der Waals surface area contributed by atoms with Crippen LogP contribution < -0.4 is 10.6 Å². The minimum absolute atomic E-state index is 0.0478. The van der Waals surface area contributed by atoms with Crippen LogP contribution in [0.25, 0.3) is 0 Å². The normalized spacial score (nSPS) is 11.5. The van der Waals surface area contributed by atoms with Gasteiger partial charge < -0.3 is 15.7 Å². The number of aliphatic hydroxyl groups is 1. The molecule has 0 bridgehead atoms. The van der Waals surface area contributed by atoms with E-state index >= 15 is 0 Å². The van der Waals surface area contributed by atoms with Crippen molar-refractivity contribution < 1.29 is 14.7 Å². The lowest BCUT2D eigenvalue weighted by Crippen LogP contribution is -2.24. The summed E-state index contributed by atoms with van der Waals surface area (Å²) in [6.45, 7) is 6.53. The minimum Gasteiger partial charge on any atom is -0.396 e. The summed E-state index contributed by atoms with van der Waals surface area (Å²) in [5.41, 5.74) is 1.10. The lowest BCUT2D eigenvalue weighted by atomic mass is 9.96. The smallest absolute Gasteiger partial charge is 0.251 e. The van der Waals surface area contributed by atoms with E-state index in [4.69, 9.17) is 5.11 Å². The van der Waals surface area contributed by atoms with E-state index in [0.717, 1.165) is 0 Å². The van der Waals surface area contributed by atoms with Gasteiger partial charge in [0.1, 0.15) is 0 Å². The molecule has 0 fully saturated rings. The van der Waals surface area contributed by atoms with Crippen LogP contribution in [-0.2, 0) is 4.79 Å². The van der Waals surface area contributed by atoms with Gasteiger partial charge in [-0.25, -0.2) is 0 Å². The van der Waals surface area contributed by atoms with Gasteiger partial charge in [0, 0.05) is 24.4 Å². The Balaban J connectivity index is 2.56. The van der Waals surface area contributed by atoms with Crippen LogP contribution in [-0.4, -0.2) is 30.1 Å². The summed E-state index contributed by atoms with van der Waals surface area (Å²) < 4.78 is 0. The van der Waals surface area contributed by atoms with Crippen molar-refractivity contribution in [2.45, 2.75) is 27.2 Å². The number of benzene rings is 1. The average molecular weight is 304 g/mol.